The van der Waals surface area contributed by atoms with Crippen LogP contribution in [0.3, 0.4) is 0 Å². The highest BCUT2D eigenvalue weighted by Crippen LogP contribution is 2.38. The Labute approximate surface area is 198 Å². The summed E-state index contributed by atoms with van der Waals surface area (Å²) >= 11 is 0. The van der Waals surface area contributed by atoms with E-state index >= 15 is 0 Å². The molecule has 1 aliphatic rings. The monoisotopic (exact) mass is 477 g/mol. The maximum atomic E-state index is 14.1. The number of amides is 1. The van der Waals surface area contributed by atoms with Gasteiger partial charge in [-0.25, -0.2) is 9.37 Å². The van der Waals surface area contributed by atoms with Crippen LogP contribution in [0.15, 0.2) is 79.1 Å². The van der Waals surface area contributed by atoms with Crippen molar-refractivity contribution in [3.63, 3.8) is 0 Å². The first-order valence-electron chi connectivity index (χ1n) is 10.7. The normalized spacial score (nSPS) is 12.7. The van der Waals surface area contributed by atoms with Gasteiger partial charge in [0.25, 0.3) is 5.91 Å². The van der Waals surface area contributed by atoms with Crippen LogP contribution >= 0.6 is 0 Å². The number of ether oxygens (including phenoxy) is 2. The predicted molar refractivity (Wildman–Crippen MR) is 122 cm³/mol. The molecule has 0 saturated carbocycles. The number of benzene rings is 2. The van der Waals surface area contributed by atoms with Gasteiger partial charge in [0.2, 0.25) is 5.88 Å². The van der Waals surface area contributed by atoms with Crippen LogP contribution in [-0.4, -0.2) is 22.5 Å². The molecule has 0 spiro atoms. The minimum absolute atomic E-state index is 0.170. The van der Waals surface area contributed by atoms with Gasteiger partial charge in [-0.05, 0) is 29.8 Å². The molecule has 0 saturated heterocycles. The summed E-state index contributed by atoms with van der Waals surface area (Å²) in [5.74, 6) is -0.696. The Balaban J connectivity index is 1.46. The Morgan fingerprint density at radius 2 is 1.80 bits per heavy atom. The van der Waals surface area contributed by atoms with Gasteiger partial charge in [0, 0.05) is 35.0 Å². The lowest BCUT2D eigenvalue weighted by atomic mass is 10.0. The molecule has 0 atom stereocenters. The highest BCUT2D eigenvalue weighted by Gasteiger charge is 2.32. The summed E-state index contributed by atoms with van der Waals surface area (Å²) in [7, 11) is 0. The first-order valence-corrected chi connectivity index (χ1v) is 10.7. The molecule has 3 heterocycles. The molecule has 176 valence electrons. The summed E-state index contributed by atoms with van der Waals surface area (Å²) < 4.78 is 49.1. The number of alkyl halides is 2. The minimum atomic E-state index is -2.99. The van der Waals surface area contributed by atoms with Crippen LogP contribution < -0.4 is 14.4 Å². The smallest absolute Gasteiger partial charge is 0.388 e. The Bertz CT molecular complexity index is 1370. The Hall–Kier alpha value is -4.40. The van der Waals surface area contributed by atoms with E-state index in [9.17, 15) is 18.0 Å². The molecule has 0 bridgehead atoms. The SMILES string of the molecule is O=C1c2ccnc(-c3ccc(F)cc3OCc3ccccc3)c2CN1c1ccc(OC(F)F)nc1. The lowest BCUT2D eigenvalue weighted by Gasteiger charge is -2.16. The fraction of sp³-hybridized carbons (Fsp3) is 0.115. The molecule has 2 aromatic heterocycles. The van der Waals surface area contributed by atoms with E-state index in [0.717, 1.165) is 5.56 Å². The second kappa shape index (κ2) is 9.46. The van der Waals surface area contributed by atoms with Crippen LogP contribution in [0.1, 0.15) is 21.5 Å². The van der Waals surface area contributed by atoms with Crippen molar-refractivity contribution < 1.29 is 27.4 Å². The van der Waals surface area contributed by atoms with Crippen LogP contribution in [0.5, 0.6) is 11.6 Å². The van der Waals surface area contributed by atoms with Crippen molar-refractivity contribution in [2.24, 2.45) is 0 Å². The first-order chi connectivity index (χ1) is 17.0. The maximum Gasteiger partial charge on any atom is 0.388 e. The van der Waals surface area contributed by atoms with Gasteiger partial charge < -0.3 is 14.4 Å². The van der Waals surface area contributed by atoms with E-state index in [4.69, 9.17) is 4.74 Å². The number of halogens is 3. The van der Waals surface area contributed by atoms with Crippen molar-refractivity contribution in [3.8, 4) is 22.9 Å². The van der Waals surface area contributed by atoms with E-state index in [1.54, 1.807) is 12.1 Å². The van der Waals surface area contributed by atoms with Gasteiger partial charge in [-0.2, -0.15) is 8.78 Å². The lowest BCUT2D eigenvalue weighted by Crippen LogP contribution is -2.23. The molecule has 5 rings (SSSR count). The molecule has 0 N–H and O–H groups in total. The second-order valence-electron chi connectivity index (χ2n) is 7.72. The minimum Gasteiger partial charge on any atom is -0.488 e. The topological polar surface area (TPSA) is 64.5 Å². The van der Waals surface area contributed by atoms with E-state index < -0.39 is 12.4 Å². The molecule has 0 radical (unpaired) electrons. The number of rotatable bonds is 7. The Kier molecular flexibility index (Phi) is 6.05. The number of hydrogen-bond acceptors (Lipinski definition) is 5. The van der Waals surface area contributed by atoms with E-state index in [2.05, 4.69) is 14.7 Å². The number of aromatic nitrogens is 2. The number of pyridine rings is 2. The Morgan fingerprint density at radius 3 is 2.54 bits per heavy atom. The average Bonchev–Trinajstić information content (AvgIpc) is 3.20. The summed E-state index contributed by atoms with van der Waals surface area (Å²) in [6.07, 6.45) is 2.80. The van der Waals surface area contributed by atoms with Crippen LogP contribution in [0.25, 0.3) is 11.3 Å². The van der Waals surface area contributed by atoms with Crippen LogP contribution in [0.4, 0.5) is 18.9 Å². The molecule has 1 aliphatic heterocycles. The summed E-state index contributed by atoms with van der Waals surface area (Å²) in [6.45, 7) is -2.59. The van der Waals surface area contributed by atoms with Gasteiger partial charge in [-0.3, -0.25) is 9.78 Å². The van der Waals surface area contributed by atoms with Gasteiger partial charge in [0.1, 0.15) is 18.2 Å². The number of carbonyl (C=O) groups excluding carboxylic acids is 1. The molecule has 0 unspecified atom stereocenters. The van der Waals surface area contributed by atoms with Gasteiger partial charge in [-0.15, -0.1) is 0 Å². The third-order valence-corrected chi connectivity index (χ3v) is 5.53. The van der Waals surface area contributed by atoms with E-state index in [-0.39, 0.29) is 24.9 Å². The van der Waals surface area contributed by atoms with E-state index in [0.29, 0.717) is 33.8 Å². The number of anilines is 1. The van der Waals surface area contributed by atoms with Crippen molar-refractivity contribution in [2.75, 3.05) is 4.90 Å². The van der Waals surface area contributed by atoms with Gasteiger partial charge in [-0.1, -0.05) is 30.3 Å². The van der Waals surface area contributed by atoms with Crippen molar-refractivity contribution >= 4 is 11.6 Å². The fourth-order valence-corrected chi connectivity index (χ4v) is 3.91. The van der Waals surface area contributed by atoms with Crippen molar-refractivity contribution in [1.29, 1.82) is 0 Å². The zero-order valence-electron chi connectivity index (χ0n) is 18.2. The molecule has 0 fully saturated rings. The summed E-state index contributed by atoms with van der Waals surface area (Å²) in [5, 5.41) is 0. The van der Waals surface area contributed by atoms with Gasteiger partial charge >= 0.3 is 6.61 Å². The number of carbonyl (C=O) groups is 1. The molecule has 1 amide bonds. The highest BCUT2D eigenvalue weighted by atomic mass is 19.3. The summed E-state index contributed by atoms with van der Waals surface area (Å²) in [4.78, 5) is 22.9. The van der Waals surface area contributed by atoms with E-state index in [1.165, 1.54) is 41.6 Å². The largest absolute Gasteiger partial charge is 0.488 e. The quantitative estimate of drug-likeness (QED) is 0.346. The highest BCUT2D eigenvalue weighted by molar-refractivity contribution is 6.11. The predicted octanol–water partition coefficient (Wildman–Crippen LogP) is 5.62. The molecule has 4 aromatic rings. The van der Waals surface area contributed by atoms with Gasteiger partial charge in [0.05, 0.1) is 24.1 Å². The lowest BCUT2D eigenvalue weighted by molar-refractivity contribution is -0.0528. The van der Waals surface area contributed by atoms with Crippen LogP contribution in [0.2, 0.25) is 0 Å². The van der Waals surface area contributed by atoms with Crippen molar-refractivity contribution in [2.45, 2.75) is 19.8 Å². The number of nitrogens with zero attached hydrogens (tertiary/aromatic N) is 3. The molecule has 9 heteroatoms. The zero-order valence-corrected chi connectivity index (χ0v) is 18.2. The van der Waals surface area contributed by atoms with Gasteiger partial charge in [0.15, 0.2) is 0 Å². The molecule has 2 aromatic carbocycles. The van der Waals surface area contributed by atoms with Crippen LogP contribution in [-0.2, 0) is 13.2 Å². The second-order valence-corrected chi connectivity index (χ2v) is 7.72. The molecule has 6 nitrogen and oxygen atoms in total. The zero-order chi connectivity index (χ0) is 24.4. The van der Waals surface area contributed by atoms with Crippen molar-refractivity contribution in [1.82, 2.24) is 9.97 Å². The van der Waals surface area contributed by atoms with Crippen molar-refractivity contribution in [3.05, 3.63) is 102 Å². The first kappa shape index (κ1) is 22.4. The Morgan fingerprint density at radius 1 is 0.971 bits per heavy atom. The number of fused-ring (bicyclic) bond motifs is 1. The summed E-state index contributed by atoms with van der Waals surface area (Å²) in [6, 6.07) is 18.0. The molecular formula is C26H18F3N3O3. The third kappa shape index (κ3) is 4.65. The molecule has 35 heavy (non-hydrogen) atoms. The molecular weight excluding hydrogens is 459 g/mol. The molecule has 0 aliphatic carbocycles. The third-order valence-electron chi connectivity index (χ3n) is 5.53. The summed E-state index contributed by atoms with van der Waals surface area (Å²) in [5.41, 5.74) is 3.45. The van der Waals surface area contributed by atoms with Crippen LogP contribution in [0, 0.1) is 5.82 Å². The average molecular weight is 477 g/mol. The van der Waals surface area contributed by atoms with E-state index in [1.807, 2.05) is 30.3 Å². The standard InChI is InChI=1S/C26H18F3N3O3/c27-17-6-8-20(22(12-17)34-15-16-4-2-1-3-5-16)24-21-14-32(25(33)19(21)10-11-30-24)18-7-9-23(31-13-18)35-26(28)29/h1-13,26H,14-15H2. The number of hydrogen-bond donors (Lipinski definition) is 0. The fourth-order valence-electron chi connectivity index (χ4n) is 3.91. The maximum absolute atomic E-state index is 14.1.